The lowest BCUT2D eigenvalue weighted by atomic mass is 10.1. The fraction of sp³-hybridized carbons (Fsp3) is 0.417. The van der Waals surface area contributed by atoms with Gasteiger partial charge in [-0.3, -0.25) is 0 Å². The molecule has 3 unspecified atom stereocenters. The second-order valence-corrected chi connectivity index (χ2v) is 6.36. The van der Waals surface area contributed by atoms with E-state index in [1.54, 1.807) is 24.5 Å². The number of pyridine rings is 1. The van der Waals surface area contributed by atoms with Crippen LogP contribution >= 0.6 is 0 Å². The average Bonchev–Trinajstić information content (AvgIpc) is 2.91. The minimum Gasteiger partial charge on any atom is -0.181 e. The highest BCUT2D eigenvalue weighted by atomic mass is 32.2. The molecular formula is C12H14NO3S+. The summed E-state index contributed by atoms with van der Waals surface area (Å²) in [5.74, 6) is 0.554. The first-order chi connectivity index (χ1) is 8.15. The van der Waals surface area contributed by atoms with Gasteiger partial charge in [-0.2, -0.15) is 8.42 Å². The Morgan fingerprint density at radius 1 is 1.06 bits per heavy atom. The van der Waals surface area contributed by atoms with Gasteiger partial charge in [0.05, 0.1) is 0 Å². The van der Waals surface area contributed by atoms with Gasteiger partial charge >= 0.3 is 10.1 Å². The Labute approximate surface area is 101 Å². The van der Waals surface area contributed by atoms with Gasteiger partial charge in [0.15, 0.2) is 0 Å². The van der Waals surface area contributed by atoms with E-state index in [0.29, 0.717) is 12.3 Å². The van der Waals surface area contributed by atoms with Crippen molar-refractivity contribution < 1.29 is 17.4 Å². The van der Waals surface area contributed by atoms with Crippen LogP contribution in [0.4, 0.5) is 0 Å². The molecule has 1 aromatic heterocycles. The molecule has 2 aliphatic rings. The maximum Gasteiger partial charge on any atom is 0.370 e. The molecule has 0 saturated heterocycles. The first-order valence-corrected chi connectivity index (χ1v) is 7.21. The van der Waals surface area contributed by atoms with Crippen LogP contribution in [0.3, 0.4) is 0 Å². The smallest absolute Gasteiger partial charge is 0.181 e. The average molecular weight is 252 g/mol. The van der Waals surface area contributed by atoms with Crippen molar-refractivity contribution in [1.29, 1.82) is 0 Å². The summed E-state index contributed by atoms with van der Waals surface area (Å²) in [4.78, 5) is 0. The van der Waals surface area contributed by atoms with Gasteiger partial charge in [0.25, 0.3) is 0 Å². The van der Waals surface area contributed by atoms with Gasteiger partial charge in [0.2, 0.25) is 12.4 Å². The molecule has 5 heteroatoms. The van der Waals surface area contributed by atoms with E-state index in [-0.39, 0.29) is 11.2 Å². The summed E-state index contributed by atoms with van der Waals surface area (Å²) in [6.45, 7) is 0. The summed E-state index contributed by atoms with van der Waals surface area (Å²) < 4.78 is 30.6. The van der Waals surface area contributed by atoms with Crippen LogP contribution in [0, 0.1) is 11.8 Å². The summed E-state index contributed by atoms with van der Waals surface area (Å²) in [6.07, 6.45) is 8.94. The summed E-state index contributed by atoms with van der Waals surface area (Å²) in [5.41, 5.74) is 0. The van der Waals surface area contributed by atoms with Crippen LogP contribution < -0.4 is 9.01 Å². The fourth-order valence-corrected chi connectivity index (χ4v) is 4.23. The van der Waals surface area contributed by atoms with Crippen molar-refractivity contribution in [3.05, 3.63) is 42.7 Å². The molecule has 0 aliphatic heterocycles. The van der Waals surface area contributed by atoms with Crippen LogP contribution in [0.2, 0.25) is 0 Å². The lowest BCUT2D eigenvalue weighted by Gasteiger charge is -2.14. The molecule has 2 bridgehead atoms. The first-order valence-electron chi connectivity index (χ1n) is 5.73. The molecule has 90 valence electrons. The molecular weight excluding hydrogens is 238 g/mol. The van der Waals surface area contributed by atoms with E-state index in [1.807, 2.05) is 12.1 Å². The van der Waals surface area contributed by atoms with Gasteiger partial charge in [-0.25, -0.2) is 0 Å². The molecule has 0 spiro atoms. The molecule has 1 saturated carbocycles. The number of allylic oxidation sites excluding steroid dienone is 2. The van der Waals surface area contributed by atoms with Gasteiger partial charge < -0.3 is 0 Å². The molecule has 0 amide bonds. The Kier molecular flexibility index (Phi) is 2.43. The maximum atomic E-state index is 12.1. The fourth-order valence-electron chi connectivity index (χ4n) is 2.67. The van der Waals surface area contributed by atoms with Crippen LogP contribution in [0.25, 0.3) is 0 Å². The lowest BCUT2D eigenvalue weighted by molar-refractivity contribution is -0.856. The summed E-state index contributed by atoms with van der Waals surface area (Å²) in [5, 5.41) is -0.384. The van der Waals surface area contributed by atoms with E-state index in [9.17, 15) is 8.42 Å². The number of hydrogen-bond donors (Lipinski definition) is 0. The van der Waals surface area contributed by atoms with Crippen molar-refractivity contribution >= 4 is 10.1 Å². The van der Waals surface area contributed by atoms with Gasteiger partial charge in [0.1, 0.15) is 5.25 Å². The van der Waals surface area contributed by atoms with E-state index < -0.39 is 10.1 Å². The van der Waals surface area contributed by atoms with Crippen LogP contribution in [-0.4, -0.2) is 13.7 Å². The number of fused-ring (bicyclic) bond motifs is 2. The van der Waals surface area contributed by atoms with Gasteiger partial charge in [-0.1, -0.05) is 18.2 Å². The van der Waals surface area contributed by atoms with E-state index in [4.69, 9.17) is 4.28 Å². The minimum absolute atomic E-state index is 0.134. The number of hydrogen-bond acceptors (Lipinski definition) is 3. The molecule has 2 aliphatic carbocycles. The molecule has 1 fully saturated rings. The Morgan fingerprint density at radius 2 is 1.82 bits per heavy atom. The van der Waals surface area contributed by atoms with Crippen molar-refractivity contribution in [1.82, 2.24) is 0 Å². The van der Waals surface area contributed by atoms with Crippen molar-refractivity contribution in [3.8, 4) is 0 Å². The van der Waals surface area contributed by atoms with Crippen molar-refractivity contribution in [3.63, 3.8) is 0 Å². The van der Waals surface area contributed by atoms with E-state index in [2.05, 4.69) is 6.08 Å². The molecule has 1 heterocycles. The molecule has 17 heavy (non-hydrogen) atoms. The predicted octanol–water partition coefficient (Wildman–Crippen LogP) is 0.697. The van der Waals surface area contributed by atoms with E-state index >= 15 is 0 Å². The summed E-state index contributed by atoms with van der Waals surface area (Å²) in [6, 6.07) is 5.28. The molecule has 4 nitrogen and oxygen atoms in total. The third kappa shape index (κ3) is 1.95. The second-order valence-electron chi connectivity index (χ2n) is 4.62. The second kappa shape index (κ2) is 3.84. The monoisotopic (exact) mass is 252 g/mol. The third-order valence-electron chi connectivity index (χ3n) is 3.47. The zero-order chi connectivity index (χ0) is 11.9. The van der Waals surface area contributed by atoms with E-state index in [0.717, 1.165) is 6.42 Å². The molecule has 1 aromatic rings. The highest BCUT2D eigenvalue weighted by molar-refractivity contribution is 7.87. The number of nitrogens with zero attached hydrogens (tertiary/aromatic N) is 1. The predicted molar refractivity (Wildman–Crippen MR) is 61.3 cm³/mol. The van der Waals surface area contributed by atoms with Crippen molar-refractivity contribution in [2.45, 2.75) is 18.1 Å². The van der Waals surface area contributed by atoms with Crippen molar-refractivity contribution in [2.75, 3.05) is 0 Å². The maximum absolute atomic E-state index is 12.1. The molecule has 3 atom stereocenters. The van der Waals surface area contributed by atoms with Crippen molar-refractivity contribution in [2.24, 2.45) is 11.8 Å². The van der Waals surface area contributed by atoms with Crippen LogP contribution in [0.5, 0.6) is 0 Å². The molecule has 0 radical (unpaired) electrons. The largest absolute Gasteiger partial charge is 0.370 e. The quantitative estimate of drug-likeness (QED) is 0.587. The van der Waals surface area contributed by atoms with Crippen LogP contribution in [-0.2, 0) is 10.1 Å². The van der Waals surface area contributed by atoms with Crippen LogP contribution in [0.1, 0.15) is 12.8 Å². The van der Waals surface area contributed by atoms with Gasteiger partial charge in [0, 0.05) is 16.9 Å². The molecule has 0 aromatic carbocycles. The Hall–Kier alpha value is -1.36. The van der Waals surface area contributed by atoms with Gasteiger partial charge in [-0.15, -0.1) is 4.28 Å². The van der Waals surface area contributed by atoms with Crippen LogP contribution in [0.15, 0.2) is 42.7 Å². The normalized spacial score (nSPS) is 30.7. The SMILES string of the molecule is O=S(=O)(O[n+]1ccccc1)C1CC2C=CC1C2. The molecule has 0 N–H and O–H groups in total. The zero-order valence-electron chi connectivity index (χ0n) is 9.27. The summed E-state index contributed by atoms with van der Waals surface area (Å²) >= 11 is 0. The Bertz CT molecular complexity index is 538. The lowest BCUT2D eigenvalue weighted by Crippen LogP contribution is -2.49. The Morgan fingerprint density at radius 3 is 2.41 bits per heavy atom. The number of aromatic nitrogens is 1. The van der Waals surface area contributed by atoms with E-state index in [1.165, 1.54) is 4.73 Å². The zero-order valence-corrected chi connectivity index (χ0v) is 10.1. The van der Waals surface area contributed by atoms with Gasteiger partial charge in [-0.05, 0) is 24.7 Å². The highest BCUT2D eigenvalue weighted by Gasteiger charge is 2.46. The standard InChI is InChI=1S/C12H14NO3S/c14-17(15,16-13-6-2-1-3-7-13)12-9-10-4-5-11(12)8-10/h1-7,10-12H,8-9H2/q+1. The first kappa shape index (κ1) is 10.8. The minimum atomic E-state index is -3.53. The summed E-state index contributed by atoms with van der Waals surface area (Å²) in [7, 11) is -3.53. The highest BCUT2D eigenvalue weighted by Crippen LogP contribution is 2.42. The Balaban J connectivity index is 1.81. The molecule has 3 rings (SSSR count). The third-order valence-corrected chi connectivity index (χ3v) is 5.13. The topological polar surface area (TPSA) is 47.3 Å². The number of rotatable bonds is 3.